The molecule has 1 aliphatic rings. The normalized spacial score (nSPS) is 15.3. The first-order valence-corrected chi connectivity index (χ1v) is 13.7. The lowest BCUT2D eigenvalue weighted by atomic mass is 9.93. The summed E-state index contributed by atoms with van der Waals surface area (Å²) in [5, 5.41) is 10.8. The maximum atomic E-state index is 14.9. The fraction of sp³-hybridized carbons (Fsp3) is 0.207. The van der Waals surface area contributed by atoms with Crippen LogP contribution in [0, 0.1) is 17.7 Å². The Kier molecular flexibility index (Phi) is 6.83. The molecular weight excluding hydrogens is 493 g/mol. The highest BCUT2D eigenvalue weighted by Gasteiger charge is 2.24. The second-order valence-corrected chi connectivity index (χ2v) is 11.3. The Morgan fingerprint density at radius 1 is 1.03 bits per heavy atom. The zero-order valence-electron chi connectivity index (χ0n) is 19.8. The molecule has 0 bridgehead atoms. The first-order chi connectivity index (χ1) is 17.8. The zero-order valence-corrected chi connectivity index (χ0v) is 20.6. The lowest BCUT2D eigenvalue weighted by Crippen LogP contribution is -2.28. The van der Waals surface area contributed by atoms with Crippen molar-refractivity contribution in [3.63, 3.8) is 0 Å². The quantitative estimate of drug-likeness (QED) is 0.356. The predicted molar refractivity (Wildman–Crippen MR) is 140 cm³/mol. The molecule has 0 radical (unpaired) electrons. The van der Waals surface area contributed by atoms with Crippen molar-refractivity contribution in [2.75, 3.05) is 11.5 Å². The van der Waals surface area contributed by atoms with Crippen molar-refractivity contribution in [3.05, 3.63) is 94.9 Å². The van der Waals surface area contributed by atoms with Gasteiger partial charge in [-0.3, -0.25) is 0 Å². The first kappa shape index (κ1) is 24.8. The van der Waals surface area contributed by atoms with Gasteiger partial charge >= 0.3 is 5.97 Å². The topological polar surface area (TPSA) is 96.5 Å². The fourth-order valence-corrected chi connectivity index (χ4v) is 5.93. The summed E-state index contributed by atoms with van der Waals surface area (Å²) in [5.74, 6) is 4.46. The first-order valence-electron chi connectivity index (χ1n) is 11.9. The molecule has 2 heterocycles. The summed E-state index contributed by atoms with van der Waals surface area (Å²) in [6.07, 6.45) is 2.55. The maximum absolute atomic E-state index is 14.9. The molecule has 4 aromatic rings. The number of benzene rings is 3. The molecule has 1 saturated heterocycles. The molecule has 3 aromatic carbocycles. The van der Waals surface area contributed by atoms with E-state index in [1.54, 1.807) is 24.3 Å². The largest absolute Gasteiger partial charge is 0.478 e. The van der Waals surface area contributed by atoms with Crippen LogP contribution >= 0.6 is 0 Å². The third kappa shape index (κ3) is 5.58. The van der Waals surface area contributed by atoms with E-state index in [9.17, 15) is 22.7 Å². The number of carbonyl (C=O) groups is 1. The Morgan fingerprint density at radius 2 is 1.81 bits per heavy atom. The van der Waals surface area contributed by atoms with E-state index in [0.717, 1.165) is 10.9 Å². The molecule has 8 heteroatoms. The van der Waals surface area contributed by atoms with Crippen LogP contribution in [-0.4, -0.2) is 42.1 Å². The Bertz CT molecular complexity index is 1650. The van der Waals surface area contributed by atoms with Gasteiger partial charge in [0.2, 0.25) is 0 Å². The molecule has 188 valence electrons. The van der Waals surface area contributed by atoms with Crippen LogP contribution in [0.2, 0.25) is 0 Å². The molecule has 6 nitrogen and oxygen atoms in total. The summed E-state index contributed by atoms with van der Waals surface area (Å²) in [6, 6.07) is 17.1. The molecule has 0 atom stereocenters. The van der Waals surface area contributed by atoms with Crippen LogP contribution in [0.15, 0.2) is 66.9 Å². The molecular formula is C29H24FNO5S. The van der Waals surface area contributed by atoms with E-state index >= 15 is 0 Å². The van der Waals surface area contributed by atoms with E-state index in [0.29, 0.717) is 35.1 Å². The van der Waals surface area contributed by atoms with Gasteiger partial charge in [0.1, 0.15) is 5.82 Å². The number of H-pyrrole nitrogens is 1. The van der Waals surface area contributed by atoms with Gasteiger partial charge in [0.25, 0.3) is 0 Å². The summed E-state index contributed by atoms with van der Waals surface area (Å²) in [7, 11) is -2.97. The molecule has 1 aromatic heterocycles. The Balaban J connectivity index is 1.39. The molecule has 2 N–H and O–H groups in total. The Morgan fingerprint density at radius 3 is 2.57 bits per heavy atom. The number of aromatic nitrogens is 1. The van der Waals surface area contributed by atoms with Crippen LogP contribution in [0.25, 0.3) is 22.0 Å². The van der Waals surface area contributed by atoms with E-state index in [1.807, 2.05) is 30.5 Å². The molecule has 0 aliphatic carbocycles. The molecule has 0 unspecified atom stereocenters. The fourth-order valence-electron chi connectivity index (χ4n) is 4.48. The number of halogens is 1. The van der Waals surface area contributed by atoms with E-state index in [1.165, 1.54) is 12.1 Å². The smallest absolute Gasteiger partial charge is 0.336 e. The van der Waals surface area contributed by atoms with E-state index in [4.69, 9.17) is 4.74 Å². The zero-order chi connectivity index (χ0) is 26.0. The van der Waals surface area contributed by atoms with Crippen molar-refractivity contribution in [3.8, 4) is 23.0 Å². The molecule has 1 aliphatic heterocycles. The third-order valence-electron chi connectivity index (χ3n) is 6.49. The van der Waals surface area contributed by atoms with Gasteiger partial charge in [-0.1, -0.05) is 36.1 Å². The number of sulfone groups is 1. The number of aromatic carboxylic acids is 1. The van der Waals surface area contributed by atoms with Crippen molar-refractivity contribution in [2.45, 2.75) is 25.6 Å². The second-order valence-electron chi connectivity index (χ2n) is 9.04. The van der Waals surface area contributed by atoms with Gasteiger partial charge in [-0.2, -0.15) is 0 Å². The predicted octanol–water partition coefficient (Wildman–Crippen LogP) is 5.17. The summed E-state index contributed by atoms with van der Waals surface area (Å²) < 4.78 is 43.8. The molecule has 1 fully saturated rings. The van der Waals surface area contributed by atoms with E-state index < -0.39 is 21.6 Å². The minimum Gasteiger partial charge on any atom is -0.478 e. The van der Waals surface area contributed by atoms with Gasteiger partial charge in [-0.05, 0) is 65.8 Å². The number of hydrogen-bond donors (Lipinski definition) is 2. The Hall–Kier alpha value is -3.93. The van der Waals surface area contributed by atoms with Crippen molar-refractivity contribution in [1.82, 2.24) is 4.98 Å². The minimum atomic E-state index is -2.97. The highest BCUT2D eigenvalue weighted by molar-refractivity contribution is 7.91. The van der Waals surface area contributed by atoms with Gasteiger partial charge in [0, 0.05) is 22.8 Å². The van der Waals surface area contributed by atoms with E-state index in [-0.39, 0.29) is 35.3 Å². The van der Waals surface area contributed by atoms with Gasteiger partial charge in [0.05, 0.1) is 35.3 Å². The number of hydrogen-bond acceptors (Lipinski definition) is 4. The van der Waals surface area contributed by atoms with Crippen LogP contribution in [0.5, 0.6) is 0 Å². The van der Waals surface area contributed by atoms with Crippen LogP contribution in [-0.2, 0) is 21.2 Å². The van der Waals surface area contributed by atoms with Crippen LogP contribution in [0.4, 0.5) is 4.39 Å². The monoisotopic (exact) mass is 517 g/mol. The van der Waals surface area contributed by atoms with Crippen LogP contribution < -0.4 is 0 Å². The molecule has 37 heavy (non-hydrogen) atoms. The number of aromatic amines is 1. The van der Waals surface area contributed by atoms with Crippen molar-refractivity contribution >= 4 is 26.7 Å². The summed E-state index contributed by atoms with van der Waals surface area (Å²) in [4.78, 5) is 15.1. The van der Waals surface area contributed by atoms with Crippen molar-refractivity contribution in [1.29, 1.82) is 0 Å². The average Bonchev–Trinajstić information content (AvgIpc) is 3.35. The number of fused-ring (bicyclic) bond motifs is 1. The summed E-state index contributed by atoms with van der Waals surface area (Å²) >= 11 is 0. The molecule has 0 amide bonds. The minimum absolute atomic E-state index is 0.112. The lowest BCUT2D eigenvalue weighted by molar-refractivity contribution is 0.0344. The van der Waals surface area contributed by atoms with Gasteiger partial charge in [-0.15, -0.1) is 0 Å². The summed E-state index contributed by atoms with van der Waals surface area (Å²) in [5.41, 5.74) is 3.43. The average molecular weight is 518 g/mol. The van der Waals surface area contributed by atoms with E-state index in [2.05, 4.69) is 16.8 Å². The third-order valence-corrected chi connectivity index (χ3v) is 8.21. The highest BCUT2D eigenvalue weighted by Crippen LogP contribution is 2.30. The Labute approximate surface area is 214 Å². The van der Waals surface area contributed by atoms with Gasteiger partial charge < -0.3 is 14.8 Å². The lowest BCUT2D eigenvalue weighted by Gasteiger charge is -2.22. The van der Waals surface area contributed by atoms with Crippen molar-refractivity contribution < 1.29 is 27.4 Å². The van der Waals surface area contributed by atoms with Gasteiger partial charge in [0.15, 0.2) is 9.84 Å². The molecule has 0 spiro atoms. The second kappa shape index (κ2) is 10.2. The number of rotatable bonds is 5. The molecule has 0 saturated carbocycles. The number of carboxylic acids is 1. The van der Waals surface area contributed by atoms with Gasteiger partial charge in [-0.25, -0.2) is 17.6 Å². The molecule has 5 rings (SSSR count). The number of ether oxygens (including phenoxy) is 1. The summed E-state index contributed by atoms with van der Waals surface area (Å²) in [6.45, 7) is 0.182. The number of carboxylic acid groups (broad SMARTS) is 1. The van der Waals surface area contributed by atoms with Crippen LogP contribution in [0.1, 0.15) is 39.9 Å². The SMILES string of the molecule is O=C(O)c1cccc(C#Cc2ccc(COC3CCS(=O)(=O)CC3)cc2F)c1-c1ccc2cc[nH]c2c1. The van der Waals surface area contributed by atoms with Crippen LogP contribution in [0.3, 0.4) is 0 Å². The number of nitrogens with one attached hydrogen (secondary N) is 1. The standard InChI is InChI=1S/C29H24FNO5S/c30-26-16-19(18-36-24-11-14-37(34,35)15-12-24)4-5-20(26)6-8-22-2-1-3-25(29(32)33)28(22)23-9-7-21-10-13-31-27(21)17-23/h1-5,7,9-10,13,16-17,24,31H,11-12,14-15,18H2,(H,32,33). The van der Waals surface area contributed by atoms with Crippen molar-refractivity contribution in [2.24, 2.45) is 0 Å². The highest BCUT2D eigenvalue weighted by atomic mass is 32.2. The maximum Gasteiger partial charge on any atom is 0.336 e.